The maximum absolute atomic E-state index is 12.3. The first-order chi connectivity index (χ1) is 14.2. The molecule has 0 aliphatic carbocycles. The second-order valence-corrected chi connectivity index (χ2v) is 9.00. The standard InChI is InChI=1S/C23H31N5O2/c1-15(2)25-21-12-16(6-7-17(21)13-24)19-8-9-20(27-26-19)18-10-11-28(14-18)22(29)30-23(3,4)5/h6-9,12-13,15,18,24-25H,10-11,14H2,1-5H3. The molecule has 160 valence electrons. The van der Waals surface area contributed by atoms with Crippen LogP contribution in [-0.4, -0.2) is 52.1 Å². The maximum Gasteiger partial charge on any atom is 0.410 e. The predicted octanol–water partition coefficient (Wildman–Crippen LogP) is 4.69. The number of amides is 1. The lowest BCUT2D eigenvalue weighted by Gasteiger charge is -2.24. The van der Waals surface area contributed by atoms with Gasteiger partial charge in [0.2, 0.25) is 0 Å². The van der Waals surface area contributed by atoms with Gasteiger partial charge in [-0.05, 0) is 59.2 Å². The molecule has 1 aromatic carbocycles. The summed E-state index contributed by atoms with van der Waals surface area (Å²) in [6.07, 6.45) is 1.93. The predicted molar refractivity (Wildman–Crippen MR) is 119 cm³/mol. The van der Waals surface area contributed by atoms with Crippen molar-refractivity contribution in [2.45, 2.75) is 58.6 Å². The van der Waals surface area contributed by atoms with E-state index in [2.05, 4.69) is 29.4 Å². The minimum Gasteiger partial charge on any atom is -0.444 e. The monoisotopic (exact) mass is 409 g/mol. The number of hydrogen-bond acceptors (Lipinski definition) is 6. The minimum atomic E-state index is -0.493. The van der Waals surface area contributed by atoms with Gasteiger partial charge in [0.1, 0.15) is 5.60 Å². The lowest BCUT2D eigenvalue weighted by Crippen LogP contribution is -2.35. The Hall–Kier alpha value is -2.96. The highest BCUT2D eigenvalue weighted by Crippen LogP contribution is 2.29. The van der Waals surface area contributed by atoms with Crippen LogP contribution in [0.4, 0.5) is 10.5 Å². The lowest BCUT2D eigenvalue weighted by molar-refractivity contribution is 0.0292. The summed E-state index contributed by atoms with van der Waals surface area (Å²) in [4.78, 5) is 14.0. The number of benzene rings is 1. The Kier molecular flexibility index (Phi) is 6.39. The van der Waals surface area contributed by atoms with Crippen LogP contribution < -0.4 is 5.32 Å². The molecule has 1 aromatic heterocycles. The van der Waals surface area contributed by atoms with Crippen molar-refractivity contribution < 1.29 is 9.53 Å². The Bertz CT molecular complexity index is 903. The summed E-state index contributed by atoms with van der Waals surface area (Å²) in [6.45, 7) is 11.0. The molecule has 1 atom stereocenters. The van der Waals surface area contributed by atoms with Gasteiger partial charge in [-0.25, -0.2) is 4.79 Å². The second-order valence-electron chi connectivity index (χ2n) is 9.00. The first kappa shape index (κ1) is 21.7. The zero-order chi connectivity index (χ0) is 21.9. The molecule has 7 nitrogen and oxygen atoms in total. The average Bonchev–Trinajstić information content (AvgIpc) is 3.17. The summed E-state index contributed by atoms with van der Waals surface area (Å²) in [5, 5.41) is 19.8. The van der Waals surface area contributed by atoms with Crippen molar-refractivity contribution >= 4 is 18.0 Å². The van der Waals surface area contributed by atoms with E-state index in [1.54, 1.807) is 4.90 Å². The van der Waals surface area contributed by atoms with Gasteiger partial charge in [-0.1, -0.05) is 12.1 Å². The van der Waals surface area contributed by atoms with Gasteiger partial charge in [0, 0.05) is 48.1 Å². The number of hydrogen-bond donors (Lipinski definition) is 2. The number of anilines is 1. The quantitative estimate of drug-likeness (QED) is 0.699. The molecule has 2 heterocycles. The van der Waals surface area contributed by atoms with E-state index in [0.29, 0.717) is 13.1 Å². The number of likely N-dealkylation sites (tertiary alicyclic amines) is 1. The topological polar surface area (TPSA) is 91.2 Å². The molecule has 1 unspecified atom stereocenters. The summed E-state index contributed by atoms with van der Waals surface area (Å²) in [5.41, 5.74) is 3.88. The highest BCUT2D eigenvalue weighted by molar-refractivity contribution is 5.87. The van der Waals surface area contributed by atoms with Gasteiger partial charge in [-0.3, -0.25) is 0 Å². The van der Waals surface area contributed by atoms with Gasteiger partial charge in [0.25, 0.3) is 0 Å². The van der Waals surface area contributed by atoms with Crippen LogP contribution in [0.5, 0.6) is 0 Å². The lowest BCUT2D eigenvalue weighted by atomic mass is 10.0. The van der Waals surface area contributed by atoms with E-state index in [-0.39, 0.29) is 18.1 Å². The van der Waals surface area contributed by atoms with Crippen molar-refractivity contribution in [1.82, 2.24) is 15.1 Å². The number of carbonyl (C=O) groups excluding carboxylic acids is 1. The van der Waals surface area contributed by atoms with Gasteiger partial charge >= 0.3 is 6.09 Å². The smallest absolute Gasteiger partial charge is 0.410 e. The first-order valence-electron chi connectivity index (χ1n) is 10.4. The van der Waals surface area contributed by atoms with Crippen LogP contribution in [0, 0.1) is 5.41 Å². The molecule has 30 heavy (non-hydrogen) atoms. The molecule has 7 heteroatoms. The summed E-state index contributed by atoms with van der Waals surface area (Å²) in [6, 6.07) is 10.1. The number of carbonyl (C=O) groups is 1. The molecule has 1 aliphatic heterocycles. The van der Waals surface area contributed by atoms with Gasteiger partial charge in [0.15, 0.2) is 0 Å². The summed E-state index contributed by atoms with van der Waals surface area (Å²) in [7, 11) is 0. The fourth-order valence-electron chi connectivity index (χ4n) is 3.49. The third kappa shape index (κ3) is 5.34. The number of aromatic nitrogens is 2. The molecule has 1 fully saturated rings. The average molecular weight is 410 g/mol. The summed E-state index contributed by atoms with van der Waals surface area (Å²) < 4.78 is 5.47. The van der Waals surface area contributed by atoms with Crippen LogP contribution >= 0.6 is 0 Å². The van der Waals surface area contributed by atoms with E-state index >= 15 is 0 Å². The molecule has 0 bridgehead atoms. The van der Waals surface area contributed by atoms with Crippen LogP contribution in [-0.2, 0) is 4.74 Å². The Morgan fingerprint density at radius 3 is 2.63 bits per heavy atom. The van der Waals surface area contributed by atoms with Gasteiger partial charge in [-0.15, -0.1) is 0 Å². The second kappa shape index (κ2) is 8.81. The van der Waals surface area contributed by atoms with Gasteiger partial charge in [-0.2, -0.15) is 10.2 Å². The van der Waals surface area contributed by atoms with E-state index in [1.807, 2.05) is 51.1 Å². The fraction of sp³-hybridized carbons (Fsp3) is 0.478. The largest absolute Gasteiger partial charge is 0.444 e. The number of rotatable bonds is 5. The molecule has 0 radical (unpaired) electrons. The molecule has 0 saturated carbocycles. The van der Waals surface area contributed by atoms with Crippen LogP contribution in [0.25, 0.3) is 11.3 Å². The van der Waals surface area contributed by atoms with Gasteiger partial charge < -0.3 is 20.4 Å². The third-order valence-electron chi connectivity index (χ3n) is 4.89. The van der Waals surface area contributed by atoms with Crippen LogP contribution in [0.15, 0.2) is 30.3 Å². The highest BCUT2D eigenvalue weighted by Gasteiger charge is 2.31. The van der Waals surface area contributed by atoms with Crippen molar-refractivity contribution in [2.24, 2.45) is 0 Å². The molecular formula is C23H31N5O2. The van der Waals surface area contributed by atoms with E-state index in [0.717, 1.165) is 34.6 Å². The van der Waals surface area contributed by atoms with Crippen LogP contribution in [0.2, 0.25) is 0 Å². The maximum atomic E-state index is 12.3. The molecule has 3 rings (SSSR count). The molecule has 0 spiro atoms. The number of nitrogens with one attached hydrogen (secondary N) is 2. The highest BCUT2D eigenvalue weighted by atomic mass is 16.6. The SMILES string of the molecule is CC(C)Nc1cc(-c2ccc(C3CCN(C(=O)OC(C)(C)C)C3)nn2)ccc1C=N. The van der Waals surface area contributed by atoms with Crippen molar-refractivity contribution in [3.8, 4) is 11.3 Å². The van der Waals surface area contributed by atoms with Crippen molar-refractivity contribution in [3.05, 3.63) is 41.6 Å². The fourth-order valence-corrected chi connectivity index (χ4v) is 3.49. The molecule has 1 saturated heterocycles. The van der Waals surface area contributed by atoms with Gasteiger partial charge in [0.05, 0.1) is 11.4 Å². The van der Waals surface area contributed by atoms with E-state index in [4.69, 9.17) is 10.1 Å². The molecule has 1 amide bonds. The van der Waals surface area contributed by atoms with Crippen LogP contribution in [0.3, 0.4) is 0 Å². The van der Waals surface area contributed by atoms with E-state index in [9.17, 15) is 4.79 Å². The Morgan fingerprint density at radius 2 is 2.03 bits per heavy atom. The van der Waals surface area contributed by atoms with E-state index < -0.39 is 5.60 Å². The number of ether oxygens (including phenoxy) is 1. The molecule has 2 N–H and O–H groups in total. The van der Waals surface area contributed by atoms with E-state index in [1.165, 1.54) is 6.21 Å². The first-order valence-corrected chi connectivity index (χ1v) is 10.4. The third-order valence-corrected chi connectivity index (χ3v) is 4.89. The zero-order valence-electron chi connectivity index (χ0n) is 18.4. The minimum absolute atomic E-state index is 0.164. The Balaban J connectivity index is 1.71. The summed E-state index contributed by atoms with van der Waals surface area (Å²) >= 11 is 0. The van der Waals surface area contributed by atoms with Crippen molar-refractivity contribution in [3.63, 3.8) is 0 Å². The van der Waals surface area contributed by atoms with Crippen molar-refractivity contribution in [1.29, 1.82) is 5.41 Å². The normalized spacial score (nSPS) is 16.6. The number of nitrogens with zero attached hydrogens (tertiary/aromatic N) is 3. The van der Waals surface area contributed by atoms with Crippen LogP contribution in [0.1, 0.15) is 58.2 Å². The molecule has 2 aromatic rings. The Morgan fingerprint density at radius 1 is 1.27 bits per heavy atom. The molecular weight excluding hydrogens is 378 g/mol. The molecule has 1 aliphatic rings. The van der Waals surface area contributed by atoms with Crippen molar-refractivity contribution in [2.75, 3.05) is 18.4 Å². The summed E-state index contributed by atoms with van der Waals surface area (Å²) in [5.74, 6) is 0.164. The zero-order valence-corrected chi connectivity index (χ0v) is 18.4. The Labute approximate surface area is 178 Å².